The summed E-state index contributed by atoms with van der Waals surface area (Å²) >= 11 is 0. The SMILES string of the molecule is COC(=O)c1cnc(N2CCCC3(CCc4c3nc(C)[nH]c4=O)C2)cn1. The topological polar surface area (TPSA) is 101 Å². The molecule has 0 radical (unpaired) electrons. The lowest BCUT2D eigenvalue weighted by atomic mass is 9.77. The number of aryl methyl sites for hydroxylation is 1. The summed E-state index contributed by atoms with van der Waals surface area (Å²) in [5.74, 6) is 0.892. The number of carbonyl (C=O) groups excluding carboxylic acids is 1. The van der Waals surface area contributed by atoms with E-state index in [-0.39, 0.29) is 16.7 Å². The molecular weight excluding hydrogens is 334 g/mol. The number of nitrogens with zero attached hydrogens (tertiary/aromatic N) is 4. The lowest BCUT2D eigenvalue weighted by Crippen LogP contribution is -2.46. The van der Waals surface area contributed by atoms with Crippen LogP contribution in [0.1, 0.15) is 46.8 Å². The minimum atomic E-state index is -0.497. The molecule has 1 atom stereocenters. The number of esters is 1. The number of aromatic nitrogens is 4. The molecule has 1 fully saturated rings. The van der Waals surface area contributed by atoms with Crippen molar-refractivity contribution >= 4 is 11.8 Å². The van der Waals surface area contributed by atoms with Gasteiger partial charge in [0.1, 0.15) is 11.6 Å². The fourth-order valence-electron chi connectivity index (χ4n) is 4.18. The maximum absolute atomic E-state index is 12.3. The Balaban J connectivity index is 1.64. The van der Waals surface area contributed by atoms with Crippen molar-refractivity contribution in [3.8, 4) is 0 Å². The molecule has 0 amide bonds. The molecule has 0 saturated carbocycles. The van der Waals surface area contributed by atoms with Crippen LogP contribution >= 0.6 is 0 Å². The molecule has 4 rings (SSSR count). The fourth-order valence-corrected chi connectivity index (χ4v) is 4.18. The summed E-state index contributed by atoms with van der Waals surface area (Å²) in [5, 5.41) is 0. The van der Waals surface area contributed by atoms with Gasteiger partial charge in [-0.1, -0.05) is 0 Å². The number of H-pyrrole nitrogens is 1. The van der Waals surface area contributed by atoms with Crippen LogP contribution in [0, 0.1) is 6.92 Å². The van der Waals surface area contributed by atoms with E-state index in [2.05, 4.69) is 29.6 Å². The second-order valence-electron chi connectivity index (χ2n) is 7.04. The maximum Gasteiger partial charge on any atom is 0.358 e. The van der Waals surface area contributed by atoms with E-state index in [4.69, 9.17) is 0 Å². The van der Waals surface area contributed by atoms with Gasteiger partial charge in [0.25, 0.3) is 5.56 Å². The van der Waals surface area contributed by atoms with Gasteiger partial charge >= 0.3 is 5.97 Å². The predicted octanol–water partition coefficient (Wildman–Crippen LogP) is 1.14. The van der Waals surface area contributed by atoms with Crippen molar-refractivity contribution in [3.63, 3.8) is 0 Å². The first-order chi connectivity index (χ1) is 12.5. The highest BCUT2D eigenvalue weighted by atomic mass is 16.5. The zero-order chi connectivity index (χ0) is 18.3. The average molecular weight is 355 g/mol. The Morgan fingerprint density at radius 3 is 2.88 bits per heavy atom. The number of aromatic amines is 1. The zero-order valence-corrected chi connectivity index (χ0v) is 14.9. The van der Waals surface area contributed by atoms with Crippen LogP contribution < -0.4 is 10.5 Å². The molecule has 1 unspecified atom stereocenters. The summed E-state index contributed by atoms with van der Waals surface area (Å²) in [7, 11) is 1.32. The van der Waals surface area contributed by atoms with Gasteiger partial charge in [0, 0.05) is 24.1 Å². The summed E-state index contributed by atoms with van der Waals surface area (Å²) in [5.41, 5.74) is 1.84. The lowest BCUT2D eigenvalue weighted by molar-refractivity contribution is 0.0593. The highest BCUT2D eigenvalue weighted by Gasteiger charge is 2.44. The van der Waals surface area contributed by atoms with Crippen LogP contribution in [-0.4, -0.2) is 46.1 Å². The molecule has 26 heavy (non-hydrogen) atoms. The molecule has 1 aliphatic carbocycles. The Bertz CT molecular complexity index is 908. The van der Waals surface area contributed by atoms with Gasteiger partial charge in [-0.25, -0.2) is 19.7 Å². The third kappa shape index (κ3) is 2.65. The van der Waals surface area contributed by atoms with Crippen molar-refractivity contribution in [1.82, 2.24) is 19.9 Å². The van der Waals surface area contributed by atoms with Gasteiger partial charge in [0.2, 0.25) is 0 Å². The van der Waals surface area contributed by atoms with Crippen LogP contribution in [0.2, 0.25) is 0 Å². The number of piperidine rings is 1. The molecule has 1 aliphatic heterocycles. The van der Waals surface area contributed by atoms with Crippen molar-refractivity contribution < 1.29 is 9.53 Å². The maximum atomic E-state index is 12.3. The fraction of sp³-hybridized carbons (Fsp3) is 0.500. The number of hydrogen-bond donors (Lipinski definition) is 1. The van der Waals surface area contributed by atoms with E-state index < -0.39 is 5.97 Å². The standard InChI is InChI=1S/C18H21N5O3/c1-11-21-15-12(16(24)22-11)4-6-18(15)5-3-7-23(10-18)14-9-19-13(8-20-14)17(25)26-2/h8-9H,3-7,10H2,1-2H3,(H,21,22,24). The van der Waals surface area contributed by atoms with Crippen LogP contribution in [0.4, 0.5) is 5.82 Å². The Labute approximate surface area is 150 Å². The molecule has 2 aliphatic rings. The Morgan fingerprint density at radius 2 is 2.15 bits per heavy atom. The van der Waals surface area contributed by atoms with Crippen LogP contribution in [0.15, 0.2) is 17.2 Å². The van der Waals surface area contributed by atoms with Crippen LogP contribution in [0.5, 0.6) is 0 Å². The number of hydrogen-bond acceptors (Lipinski definition) is 7. The summed E-state index contributed by atoms with van der Waals surface area (Å²) < 4.78 is 4.66. The van der Waals surface area contributed by atoms with Gasteiger partial charge in [-0.3, -0.25) is 4.79 Å². The average Bonchev–Trinajstić information content (AvgIpc) is 2.99. The molecular formula is C18H21N5O3. The second kappa shape index (κ2) is 6.19. The van der Waals surface area contributed by atoms with Crippen LogP contribution in [0.25, 0.3) is 0 Å². The quantitative estimate of drug-likeness (QED) is 0.806. The number of rotatable bonds is 2. The molecule has 2 aromatic heterocycles. The van der Waals surface area contributed by atoms with E-state index in [9.17, 15) is 9.59 Å². The van der Waals surface area contributed by atoms with Crippen molar-refractivity contribution in [2.24, 2.45) is 0 Å². The molecule has 1 spiro atoms. The number of anilines is 1. The molecule has 1 N–H and O–H groups in total. The third-order valence-electron chi connectivity index (χ3n) is 5.42. The van der Waals surface area contributed by atoms with Gasteiger partial charge in [0.05, 0.1) is 25.2 Å². The van der Waals surface area contributed by atoms with Gasteiger partial charge in [-0.15, -0.1) is 0 Å². The summed E-state index contributed by atoms with van der Waals surface area (Å²) in [4.78, 5) is 42.0. The van der Waals surface area contributed by atoms with E-state index in [1.165, 1.54) is 13.3 Å². The van der Waals surface area contributed by atoms with Gasteiger partial charge in [-0.05, 0) is 32.6 Å². The molecule has 1 saturated heterocycles. The molecule has 2 aromatic rings. The molecule has 8 heteroatoms. The first kappa shape index (κ1) is 16.7. The first-order valence-electron chi connectivity index (χ1n) is 8.78. The molecule has 136 valence electrons. The van der Waals surface area contributed by atoms with Crippen molar-refractivity contribution in [1.29, 1.82) is 0 Å². The van der Waals surface area contributed by atoms with Gasteiger partial charge in [-0.2, -0.15) is 0 Å². The second-order valence-corrected chi connectivity index (χ2v) is 7.04. The van der Waals surface area contributed by atoms with E-state index >= 15 is 0 Å². The highest BCUT2D eigenvalue weighted by Crippen LogP contribution is 2.43. The normalized spacial score (nSPS) is 21.7. The monoisotopic (exact) mass is 355 g/mol. The van der Waals surface area contributed by atoms with E-state index in [1.54, 1.807) is 6.20 Å². The summed E-state index contributed by atoms with van der Waals surface area (Å²) in [6.07, 6.45) is 6.74. The minimum Gasteiger partial charge on any atom is -0.464 e. The number of nitrogens with one attached hydrogen (secondary N) is 1. The first-order valence-corrected chi connectivity index (χ1v) is 8.78. The van der Waals surface area contributed by atoms with Crippen molar-refractivity contribution in [3.05, 3.63) is 45.5 Å². The minimum absolute atomic E-state index is 0.0104. The number of carbonyl (C=O) groups is 1. The van der Waals surface area contributed by atoms with Crippen LogP contribution in [-0.2, 0) is 16.6 Å². The summed E-state index contributed by atoms with van der Waals surface area (Å²) in [6, 6.07) is 0. The Kier molecular flexibility index (Phi) is 3.97. The highest BCUT2D eigenvalue weighted by molar-refractivity contribution is 5.86. The smallest absolute Gasteiger partial charge is 0.358 e. The molecule has 8 nitrogen and oxygen atoms in total. The molecule has 0 aromatic carbocycles. The van der Waals surface area contributed by atoms with E-state index in [1.807, 2.05) is 6.92 Å². The predicted molar refractivity (Wildman–Crippen MR) is 94.4 cm³/mol. The Hall–Kier alpha value is -2.77. The van der Waals surface area contributed by atoms with Crippen LogP contribution in [0.3, 0.4) is 0 Å². The van der Waals surface area contributed by atoms with E-state index in [0.717, 1.165) is 55.8 Å². The van der Waals surface area contributed by atoms with E-state index in [0.29, 0.717) is 5.82 Å². The number of fused-ring (bicyclic) bond motifs is 2. The van der Waals surface area contributed by atoms with Gasteiger partial charge < -0.3 is 14.6 Å². The van der Waals surface area contributed by atoms with Crippen molar-refractivity contribution in [2.75, 3.05) is 25.1 Å². The summed E-state index contributed by atoms with van der Waals surface area (Å²) in [6.45, 7) is 3.44. The largest absolute Gasteiger partial charge is 0.464 e. The molecule has 0 bridgehead atoms. The number of ether oxygens (including phenoxy) is 1. The third-order valence-corrected chi connectivity index (χ3v) is 5.42. The molecule has 3 heterocycles. The van der Waals surface area contributed by atoms with Crippen molar-refractivity contribution in [2.45, 2.75) is 38.0 Å². The zero-order valence-electron chi connectivity index (χ0n) is 14.9. The van der Waals surface area contributed by atoms with Gasteiger partial charge in [0.15, 0.2) is 5.69 Å². The number of methoxy groups -OCH3 is 1. The lowest BCUT2D eigenvalue weighted by Gasteiger charge is -2.41. The Morgan fingerprint density at radius 1 is 1.31 bits per heavy atom.